The quantitative estimate of drug-likeness (QED) is 0.324. The molecule has 1 rings (SSSR count). The Bertz CT molecular complexity index is 434. The molecule has 0 aromatic heterocycles. The van der Waals surface area contributed by atoms with Crippen LogP contribution in [-0.4, -0.2) is 47.0 Å². The molecule has 0 aliphatic carbocycles. The number of carboxylic acid groups (broad SMARTS) is 1. The lowest BCUT2D eigenvalue weighted by molar-refractivity contribution is -0.137. The van der Waals surface area contributed by atoms with E-state index in [0.29, 0.717) is 25.8 Å². The van der Waals surface area contributed by atoms with E-state index in [1.54, 1.807) is 0 Å². The van der Waals surface area contributed by atoms with E-state index in [0.717, 1.165) is 4.90 Å². The van der Waals surface area contributed by atoms with Crippen LogP contribution in [0.15, 0.2) is 12.2 Å². The van der Waals surface area contributed by atoms with Crippen molar-refractivity contribution in [2.45, 2.75) is 25.7 Å². The maximum absolute atomic E-state index is 11.4. The first kappa shape index (κ1) is 14.0. The molecule has 3 N–H and O–H groups in total. The standard InChI is InChI=1S/C12H17N3O5/c16-9(13-8-14-12(19)20)4-2-1-3-7-15-10(17)5-6-11(15)18/h5-6,14H,1-4,7-8H2,(H,13,16)(H,19,20)/i/hD. The van der Waals surface area contributed by atoms with E-state index in [1.807, 2.05) is 0 Å². The molecular formula is C12H17N3O5. The average Bonchev–Trinajstić information content (AvgIpc) is 2.78. The SMILES string of the molecule is [2H]OC(=O)NCNC(=O)CCCCCN1C(=O)C=CC1=O. The van der Waals surface area contributed by atoms with Crippen molar-refractivity contribution in [2.24, 2.45) is 0 Å². The lowest BCUT2D eigenvalue weighted by Crippen LogP contribution is -2.36. The third-order valence-corrected chi connectivity index (χ3v) is 2.70. The highest BCUT2D eigenvalue weighted by Gasteiger charge is 2.22. The molecule has 1 aliphatic rings. The number of amides is 4. The molecule has 4 amide bonds. The second kappa shape index (κ2) is 7.93. The molecule has 0 radical (unpaired) electrons. The molecule has 0 atom stereocenters. The summed E-state index contributed by atoms with van der Waals surface area (Å²) in [6, 6.07) is 0. The van der Waals surface area contributed by atoms with Crippen molar-refractivity contribution < 1.29 is 24.3 Å². The van der Waals surface area contributed by atoms with Crippen LogP contribution in [0.1, 0.15) is 25.7 Å². The number of nitrogens with zero attached hydrogens (tertiary/aromatic N) is 1. The van der Waals surface area contributed by atoms with Gasteiger partial charge in [-0.1, -0.05) is 6.42 Å². The minimum Gasteiger partial charge on any atom is -0.465 e. The molecule has 0 spiro atoms. The van der Waals surface area contributed by atoms with Crippen LogP contribution in [-0.2, 0) is 14.4 Å². The van der Waals surface area contributed by atoms with Gasteiger partial charge in [-0.05, 0) is 12.8 Å². The topological polar surface area (TPSA) is 116 Å². The number of imide groups is 1. The summed E-state index contributed by atoms with van der Waals surface area (Å²) in [5.41, 5.74) is 0. The van der Waals surface area contributed by atoms with Crippen LogP contribution in [0.25, 0.3) is 1.43 Å². The van der Waals surface area contributed by atoms with Crippen LogP contribution in [0.3, 0.4) is 0 Å². The molecule has 0 aromatic rings. The van der Waals surface area contributed by atoms with E-state index in [9.17, 15) is 19.2 Å². The smallest absolute Gasteiger partial charge is 0.406 e. The zero-order valence-electron chi connectivity index (χ0n) is 11.9. The lowest BCUT2D eigenvalue weighted by atomic mass is 10.2. The first-order valence-electron chi connectivity index (χ1n) is 6.66. The van der Waals surface area contributed by atoms with Crippen LogP contribution in [0.4, 0.5) is 4.79 Å². The fourth-order valence-electron chi connectivity index (χ4n) is 1.69. The summed E-state index contributed by atoms with van der Waals surface area (Å²) < 4.78 is 6.27. The second-order valence-electron chi connectivity index (χ2n) is 4.21. The molecule has 0 saturated carbocycles. The van der Waals surface area contributed by atoms with Crippen molar-refractivity contribution in [1.29, 1.82) is 1.43 Å². The van der Waals surface area contributed by atoms with Gasteiger partial charge in [0.2, 0.25) is 5.91 Å². The van der Waals surface area contributed by atoms with Crippen molar-refractivity contribution in [1.82, 2.24) is 15.5 Å². The van der Waals surface area contributed by atoms with Gasteiger partial charge in [0.05, 0.1) is 6.67 Å². The monoisotopic (exact) mass is 284 g/mol. The van der Waals surface area contributed by atoms with Crippen molar-refractivity contribution >= 4 is 23.8 Å². The predicted molar refractivity (Wildman–Crippen MR) is 68.5 cm³/mol. The number of unbranched alkanes of at least 4 members (excludes halogenated alkanes) is 2. The number of hydrogen-bond donors (Lipinski definition) is 3. The van der Waals surface area contributed by atoms with E-state index in [2.05, 4.69) is 15.7 Å². The molecule has 0 fully saturated rings. The molecule has 0 bridgehead atoms. The minimum atomic E-state index is -0.941. The van der Waals surface area contributed by atoms with Gasteiger partial charge in [-0.15, -0.1) is 0 Å². The van der Waals surface area contributed by atoms with Crippen molar-refractivity contribution in [3.8, 4) is 0 Å². The second-order valence-corrected chi connectivity index (χ2v) is 4.21. The number of carbonyl (C=O) groups excluding carboxylic acids is 3. The minimum absolute atomic E-state index is 0.0982. The molecule has 8 heteroatoms. The summed E-state index contributed by atoms with van der Waals surface area (Å²) >= 11 is 0. The van der Waals surface area contributed by atoms with Gasteiger partial charge in [0, 0.05) is 25.1 Å². The van der Waals surface area contributed by atoms with E-state index >= 15 is 0 Å². The van der Waals surface area contributed by atoms with Crippen molar-refractivity contribution in [3.63, 3.8) is 0 Å². The van der Waals surface area contributed by atoms with Crippen LogP contribution in [0, 0.1) is 0 Å². The van der Waals surface area contributed by atoms with Gasteiger partial charge in [-0.3, -0.25) is 19.3 Å². The Balaban J connectivity index is 2.01. The normalized spacial score (nSPS) is 14.2. The molecule has 0 saturated heterocycles. The highest BCUT2D eigenvalue weighted by atomic mass is 16.4. The van der Waals surface area contributed by atoms with E-state index < -0.39 is 6.09 Å². The largest absolute Gasteiger partial charge is 0.465 e. The average molecular weight is 284 g/mol. The van der Waals surface area contributed by atoms with Gasteiger partial charge >= 0.3 is 6.09 Å². The van der Waals surface area contributed by atoms with E-state index in [-0.39, 0.29) is 30.8 Å². The third kappa shape index (κ3) is 5.51. The van der Waals surface area contributed by atoms with Gasteiger partial charge in [-0.2, -0.15) is 0 Å². The Morgan fingerprint density at radius 3 is 2.50 bits per heavy atom. The Labute approximate surface area is 117 Å². The zero-order chi connectivity index (χ0) is 15.7. The Kier molecular flexibility index (Phi) is 5.56. The Morgan fingerprint density at radius 1 is 1.15 bits per heavy atom. The van der Waals surface area contributed by atoms with Gasteiger partial charge < -0.3 is 15.7 Å². The maximum Gasteiger partial charge on any atom is 0.406 e. The fraction of sp³-hybridized carbons (Fsp3) is 0.500. The highest BCUT2D eigenvalue weighted by Crippen LogP contribution is 2.07. The summed E-state index contributed by atoms with van der Waals surface area (Å²) in [7, 11) is 0. The summed E-state index contributed by atoms with van der Waals surface area (Å²) in [4.78, 5) is 45.6. The lowest BCUT2D eigenvalue weighted by Gasteiger charge is -2.13. The Morgan fingerprint density at radius 2 is 1.85 bits per heavy atom. The first-order valence-corrected chi connectivity index (χ1v) is 6.26. The molecule has 0 aromatic carbocycles. The van der Waals surface area contributed by atoms with Crippen LogP contribution in [0.5, 0.6) is 0 Å². The molecule has 8 nitrogen and oxygen atoms in total. The number of carbonyl (C=O) groups is 4. The number of nitrogens with one attached hydrogen (secondary N) is 2. The molecule has 0 unspecified atom stereocenters. The summed E-state index contributed by atoms with van der Waals surface area (Å²) in [5.74, 6) is -0.842. The summed E-state index contributed by atoms with van der Waals surface area (Å²) in [6.07, 6.45) is 3.76. The highest BCUT2D eigenvalue weighted by molar-refractivity contribution is 6.12. The summed E-state index contributed by atoms with van der Waals surface area (Å²) in [5, 5.41) is 8.17. The Hall–Kier alpha value is -2.38. The maximum atomic E-state index is 11.4. The zero-order valence-corrected chi connectivity index (χ0v) is 10.9. The van der Waals surface area contributed by atoms with Crippen LogP contribution < -0.4 is 10.6 Å². The van der Waals surface area contributed by atoms with E-state index in [4.69, 9.17) is 1.43 Å². The van der Waals surface area contributed by atoms with E-state index in [1.165, 1.54) is 12.2 Å². The van der Waals surface area contributed by atoms with Gasteiger partial charge in [0.25, 0.3) is 13.2 Å². The predicted octanol–water partition coefficient (Wildman–Crippen LogP) is -0.187. The fourth-order valence-corrected chi connectivity index (χ4v) is 1.69. The molecule has 110 valence electrons. The molecular weight excluding hydrogens is 266 g/mol. The molecule has 1 heterocycles. The van der Waals surface area contributed by atoms with Crippen molar-refractivity contribution in [3.05, 3.63) is 12.2 Å². The molecule has 20 heavy (non-hydrogen) atoms. The van der Waals surface area contributed by atoms with Gasteiger partial charge in [-0.25, -0.2) is 4.79 Å². The van der Waals surface area contributed by atoms with Crippen LogP contribution >= 0.6 is 0 Å². The first-order chi connectivity index (χ1) is 10.0. The van der Waals surface area contributed by atoms with Crippen LogP contribution in [0.2, 0.25) is 0 Å². The van der Waals surface area contributed by atoms with Gasteiger partial charge in [0.1, 0.15) is 0 Å². The van der Waals surface area contributed by atoms with Crippen molar-refractivity contribution in [2.75, 3.05) is 13.2 Å². The molecule has 1 aliphatic heterocycles. The third-order valence-electron chi connectivity index (χ3n) is 2.70. The van der Waals surface area contributed by atoms with Gasteiger partial charge in [0.15, 0.2) is 0 Å². The number of hydrogen-bond acceptors (Lipinski definition) is 5. The summed E-state index contributed by atoms with van der Waals surface area (Å²) in [6.45, 7) is 0.252. The number of rotatable bonds is 8.